The fraction of sp³-hybridized carbons (Fsp3) is 0.143. The van der Waals surface area contributed by atoms with Gasteiger partial charge in [0.25, 0.3) is 0 Å². The second kappa shape index (κ2) is 5.85. The minimum absolute atomic E-state index is 0.0482. The normalized spacial score (nSPS) is 12.2. The van der Waals surface area contributed by atoms with Gasteiger partial charge in [-0.2, -0.15) is 0 Å². The van der Waals surface area contributed by atoms with E-state index < -0.39 is 0 Å². The van der Waals surface area contributed by atoms with Crippen LogP contribution in [0.25, 0.3) is 10.6 Å². The summed E-state index contributed by atoms with van der Waals surface area (Å²) in [5, 5.41) is 13.6. The van der Waals surface area contributed by atoms with Crippen LogP contribution in [-0.2, 0) is 0 Å². The summed E-state index contributed by atoms with van der Waals surface area (Å²) in [6.45, 7) is 0. The first kappa shape index (κ1) is 12.8. The van der Waals surface area contributed by atoms with Crippen molar-refractivity contribution in [1.29, 1.82) is 0 Å². The van der Waals surface area contributed by atoms with Crippen LogP contribution in [0.15, 0.2) is 49.1 Å². The fourth-order valence-corrected chi connectivity index (χ4v) is 2.91. The zero-order valence-electron chi connectivity index (χ0n) is 10.9. The molecule has 0 aliphatic heterocycles. The van der Waals surface area contributed by atoms with Crippen molar-refractivity contribution >= 4 is 11.3 Å². The molecule has 2 aromatic heterocycles. The lowest BCUT2D eigenvalue weighted by Crippen LogP contribution is -2.17. The second-order valence-corrected chi connectivity index (χ2v) is 5.21. The van der Waals surface area contributed by atoms with E-state index in [1.807, 2.05) is 25.2 Å². The fourth-order valence-electron chi connectivity index (χ4n) is 1.96. The van der Waals surface area contributed by atoms with Gasteiger partial charge >= 0.3 is 0 Å². The minimum Gasteiger partial charge on any atom is -0.307 e. The highest BCUT2D eigenvalue weighted by Crippen LogP contribution is 2.29. The molecule has 1 aromatic carbocycles. The van der Waals surface area contributed by atoms with Crippen LogP contribution >= 0.6 is 11.3 Å². The van der Waals surface area contributed by atoms with Crippen molar-refractivity contribution in [3.63, 3.8) is 0 Å². The molecule has 3 aromatic rings. The number of benzene rings is 1. The number of rotatable bonds is 4. The topological polar surface area (TPSA) is 63.6 Å². The molecule has 0 radical (unpaired) electrons. The zero-order chi connectivity index (χ0) is 13.8. The molecule has 1 N–H and O–H groups in total. The molecule has 0 bridgehead atoms. The Labute approximate surface area is 120 Å². The van der Waals surface area contributed by atoms with Gasteiger partial charge in [0.2, 0.25) is 0 Å². The van der Waals surface area contributed by atoms with E-state index in [1.54, 1.807) is 23.7 Å². The molecular weight excluding hydrogens is 270 g/mol. The van der Waals surface area contributed by atoms with Crippen LogP contribution in [0.1, 0.15) is 16.6 Å². The van der Waals surface area contributed by atoms with Crippen LogP contribution in [0.3, 0.4) is 0 Å². The Morgan fingerprint density at radius 2 is 1.80 bits per heavy atom. The predicted molar refractivity (Wildman–Crippen MR) is 78.3 cm³/mol. The van der Waals surface area contributed by atoms with E-state index >= 15 is 0 Å². The lowest BCUT2D eigenvalue weighted by molar-refractivity contribution is 0.678. The number of nitrogens with one attached hydrogen (secondary N) is 1. The Bertz CT molecular complexity index is 668. The van der Waals surface area contributed by atoms with Crippen molar-refractivity contribution in [2.45, 2.75) is 6.04 Å². The summed E-state index contributed by atoms with van der Waals surface area (Å²) in [6, 6.07) is 10.2. The van der Waals surface area contributed by atoms with Gasteiger partial charge < -0.3 is 5.32 Å². The molecule has 0 amide bonds. The molecule has 5 nitrogen and oxygen atoms in total. The van der Waals surface area contributed by atoms with Gasteiger partial charge in [0, 0.05) is 18.0 Å². The van der Waals surface area contributed by atoms with E-state index in [-0.39, 0.29) is 6.04 Å². The first-order valence-corrected chi connectivity index (χ1v) is 7.01. The van der Waals surface area contributed by atoms with Crippen molar-refractivity contribution in [2.24, 2.45) is 0 Å². The molecule has 0 spiro atoms. The molecule has 0 saturated heterocycles. The molecule has 0 fully saturated rings. The van der Waals surface area contributed by atoms with Gasteiger partial charge in [0.05, 0.1) is 6.04 Å². The summed E-state index contributed by atoms with van der Waals surface area (Å²) >= 11 is 1.55. The first-order valence-electron chi connectivity index (χ1n) is 6.19. The summed E-state index contributed by atoms with van der Waals surface area (Å²) in [4.78, 5) is 8.01. The van der Waals surface area contributed by atoms with Crippen LogP contribution in [0, 0.1) is 0 Å². The average Bonchev–Trinajstić information content (AvgIpc) is 3.00. The summed E-state index contributed by atoms with van der Waals surface area (Å²) in [5.41, 5.74) is 2.06. The maximum absolute atomic E-state index is 4.29. The molecule has 3 rings (SSSR count). The van der Waals surface area contributed by atoms with E-state index in [0.29, 0.717) is 0 Å². The lowest BCUT2D eigenvalue weighted by Gasteiger charge is -2.12. The molecule has 1 atom stereocenters. The van der Waals surface area contributed by atoms with Crippen LogP contribution in [0.4, 0.5) is 0 Å². The number of nitrogens with zero attached hydrogens (tertiary/aromatic N) is 4. The van der Waals surface area contributed by atoms with E-state index in [0.717, 1.165) is 15.6 Å². The van der Waals surface area contributed by atoms with Crippen molar-refractivity contribution in [1.82, 2.24) is 25.5 Å². The summed E-state index contributed by atoms with van der Waals surface area (Å²) in [7, 11) is 1.92. The van der Waals surface area contributed by atoms with Gasteiger partial charge in [-0.1, -0.05) is 41.7 Å². The van der Waals surface area contributed by atoms with Crippen LogP contribution in [-0.4, -0.2) is 27.2 Å². The highest BCUT2D eigenvalue weighted by Gasteiger charge is 2.17. The molecule has 100 valence electrons. The third kappa shape index (κ3) is 2.56. The van der Waals surface area contributed by atoms with Crippen molar-refractivity contribution in [3.05, 3.63) is 59.6 Å². The number of hydrogen-bond donors (Lipinski definition) is 1. The van der Waals surface area contributed by atoms with Crippen LogP contribution in [0.5, 0.6) is 0 Å². The average molecular weight is 283 g/mol. The SMILES string of the molecule is CNC(c1ccccc1)c1nnc(-c2cncnc2)s1. The molecular formula is C14H13N5S. The van der Waals surface area contributed by atoms with Gasteiger partial charge in [0.1, 0.15) is 11.3 Å². The smallest absolute Gasteiger partial charge is 0.150 e. The maximum Gasteiger partial charge on any atom is 0.150 e. The summed E-state index contributed by atoms with van der Waals surface area (Å²) in [6.07, 6.45) is 4.99. The number of hydrogen-bond acceptors (Lipinski definition) is 6. The summed E-state index contributed by atoms with van der Waals surface area (Å²) in [5.74, 6) is 0. The predicted octanol–water partition coefficient (Wildman–Crippen LogP) is 2.30. The Morgan fingerprint density at radius 1 is 1.05 bits per heavy atom. The van der Waals surface area contributed by atoms with Gasteiger partial charge in [-0.3, -0.25) is 0 Å². The third-order valence-corrected chi connectivity index (χ3v) is 3.95. The first-order chi connectivity index (χ1) is 9.88. The maximum atomic E-state index is 4.29. The highest BCUT2D eigenvalue weighted by atomic mass is 32.1. The Kier molecular flexibility index (Phi) is 3.76. The zero-order valence-corrected chi connectivity index (χ0v) is 11.7. The third-order valence-electron chi connectivity index (χ3n) is 2.92. The van der Waals surface area contributed by atoms with Crippen molar-refractivity contribution < 1.29 is 0 Å². The van der Waals surface area contributed by atoms with E-state index in [1.165, 1.54) is 11.9 Å². The summed E-state index contributed by atoms with van der Waals surface area (Å²) < 4.78 is 0. The largest absolute Gasteiger partial charge is 0.307 e. The molecule has 2 heterocycles. The second-order valence-electron chi connectivity index (χ2n) is 4.20. The quantitative estimate of drug-likeness (QED) is 0.796. The van der Waals surface area contributed by atoms with E-state index in [4.69, 9.17) is 0 Å². The number of aromatic nitrogens is 4. The van der Waals surface area contributed by atoms with Crippen molar-refractivity contribution in [2.75, 3.05) is 7.05 Å². The molecule has 0 aliphatic rings. The van der Waals surface area contributed by atoms with Crippen LogP contribution in [0.2, 0.25) is 0 Å². The van der Waals surface area contributed by atoms with Gasteiger partial charge in [0.15, 0.2) is 5.01 Å². The van der Waals surface area contributed by atoms with E-state index in [2.05, 4.69) is 37.6 Å². The molecule has 0 saturated carbocycles. The van der Waals surface area contributed by atoms with Gasteiger partial charge in [-0.25, -0.2) is 9.97 Å². The molecule has 6 heteroatoms. The highest BCUT2D eigenvalue weighted by molar-refractivity contribution is 7.14. The Morgan fingerprint density at radius 3 is 2.50 bits per heavy atom. The van der Waals surface area contributed by atoms with Crippen molar-refractivity contribution in [3.8, 4) is 10.6 Å². The molecule has 0 aliphatic carbocycles. The van der Waals surface area contributed by atoms with E-state index in [9.17, 15) is 0 Å². The monoisotopic (exact) mass is 283 g/mol. The minimum atomic E-state index is 0.0482. The lowest BCUT2D eigenvalue weighted by atomic mass is 10.1. The molecule has 1 unspecified atom stereocenters. The molecule has 20 heavy (non-hydrogen) atoms. The van der Waals surface area contributed by atoms with Gasteiger partial charge in [-0.05, 0) is 12.6 Å². The Balaban J connectivity index is 1.93. The standard InChI is InChI=1S/C14H13N5S/c1-15-12(10-5-3-2-4-6-10)14-19-18-13(20-14)11-7-16-9-17-8-11/h2-9,12,15H,1H3. The Hall–Kier alpha value is -2.18. The van der Waals surface area contributed by atoms with Crippen LogP contribution < -0.4 is 5.32 Å². The van der Waals surface area contributed by atoms with Gasteiger partial charge in [-0.15, -0.1) is 10.2 Å².